The monoisotopic (exact) mass is 439 g/mol. The van der Waals surface area contributed by atoms with Crippen molar-refractivity contribution in [1.82, 2.24) is 5.32 Å². The number of nitrogens with one attached hydrogen (secondary N) is 1. The molecule has 6 heteroatoms. The summed E-state index contributed by atoms with van der Waals surface area (Å²) < 4.78 is 30.2. The van der Waals surface area contributed by atoms with Crippen LogP contribution in [0.5, 0.6) is 5.75 Å². The second-order valence-electron chi connectivity index (χ2n) is 7.23. The predicted molar refractivity (Wildman–Crippen MR) is 124 cm³/mol. The van der Waals surface area contributed by atoms with Gasteiger partial charge in [-0.15, -0.1) is 0 Å². The van der Waals surface area contributed by atoms with Crippen LogP contribution in [-0.4, -0.2) is 19.8 Å². The van der Waals surface area contributed by atoms with Crippen molar-refractivity contribution in [3.8, 4) is 5.75 Å². The number of benzene rings is 3. The largest absolute Gasteiger partial charge is 0.497 e. The first-order chi connectivity index (χ1) is 15.2. The summed E-state index contributed by atoms with van der Waals surface area (Å²) in [5.74, 6) is 0.843. The SMILES string of the molecule is COc1ccc(CNCCCP(=O)(OCc2ccccc2)OCc2ccccc2)cc1. The van der Waals surface area contributed by atoms with E-state index in [0.29, 0.717) is 12.6 Å². The van der Waals surface area contributed by atoms with Gasteiger partial charge in [0.2, 0.25) is 0 Å². The zero-order valence-electron chi connectivity index (χ0n) is 17.9. The zero-order valence-corrected chi connectivity index (χ0v) is 18.8. The molecule has 0 aromatic heterocycles. The summed E-state index contributed by atoms with van der Waals surface area (Å²) in [5, 5.41) is 3.39. The van der Waals surface area contributed by atoms with Gasteiger partial charge in [0, 0.05) is 6.54 Å². The van der Waals surface area contributed by atoms with E-state index in [4.69, 9.17) is 13.8 Å². The smallest absolute Gasteiger partial charge is 0.331 e. The Kier molecular flexibility index (Phi) is 9.32. The minimum Gasteiger partial charge on any atom is -0.497 e. The molecular weight excluding hydrogens is 409 g/mol. The van der Waals surface area contributed by atoms with Crippen LogP contribution in [0.15, 0.2) is 84.9 Å². The lowest BCUT2D eigenvalue weighted by Gasteiger charge is -2.19. The molecule has 0 aliphatic rings. The average Bonchev–Trinajstić information content (AvgIpc) is 2.83. The molecule has 0 spiro atoms. The van der Waals surface area contributed by atoms with Gasteiger partial charge in [0.05, 0.1) is 26.5 Å². The molecule has 3 aromatic rings. The van der Waals surface area contributed by atoms with Crippen molar-refractivity contribution in [3.63, 3.8) is 0 Å². The van der Waals surface area contributed by atoms with Crippen LogP contribution in [-0.2, 0) is 33.4 Å². The predicted octanol–water partition coefficient (Wildman–Crippen LogP) is 5.80. The molecule has 0 fully saturated rings. The Labute approximate surface area is 184 Å². The molecule has 0 heterocycles. The van der Waals surface area contributed by atoms with Crippen LogP contribution in [0.25, 0.3) is 0 Å². The number of hydrogen-bond donors (Lipinski definition) is 1. The normalized spacial score (nSPS) is 11.4. The standard InChI is InChI=1S/C25H30NO4P/c1-28-25-15-13-22(14-16-25)19-26-17-8-18-31(27,29-20-23-9-4-2-5-10-23)30-21-24-11-6-3-7-12-24/h2-7,9-16,26H,8,17-21H2,1H3. The van der Waals surface area contributed by atoms with E-state index in [1.54, 1.807) is 7.11 Å². The summed E-state index contributed by atoms with van der Waals surface area (Å²) in [4.78, 5) is 0. The lowest BCUT2D eigenvalue weighted by atomic mass is 10.2. The lowest BCUT2D eigenvalue weighted by molar-refractivity contribution is 0.190. The van der Waals surface area contributed by atoms with Gasteiger partial charge in [0.25, 0.3) is 0 Å². The molecule has 0 aliphatic carbocycles. The summed E-state index contributed by atoms with van der Waals surface area (Å²) in [5.41, 5.74) is 3.12. The quantitative estimate of drug-likeness (QED) is 0.269. The number of hydrogen-bond acceptors (Lipinski definition) is 5. The molecule has 0 radical (unpaired) electrons. The molecular formula is C25H30NO4P. The van der Waals surface area contributed by atoms with Gasteiger partial charge >= 0.3 is 7.60 Å². The van der Waals surface area contributed by atoms with Crippen molar-refractivity contribution in [3.05, 3.63) is 102 Å². The summed E-state index contributed by atoms with van der Waals surface area (Å²) in [6.45, 7) is 2.00. The summed E-state index contributed by atoms with van der Waals surface area (Å²) in [6.07, 6.45) is 1.05. The van der Waals surface area contributed by atoms with Crippen molar-refractivity contribution < 1.29 is 18.3 Å². The van der Waals surface area contributed by atoms with Gasteiger partial charge in [0.1, 0.15) is 5.75 Å². The van der Waals surface area contributed by atoms with E-state index in [1.807, 2.05) is 84.9 Å². The van der Waals surface area contributed by atoms with Crippen LogP contribution in [0.1, 0.15) is 23.1 Å². The van der Waals surface area contributed by atoms with E-state index in [-0.39, 0.29) is 13.2 Å². The van der Waals surface area contributed by atoms with Crippen molar-refractivity contribution >= 4 is 7.60 Å². The van der Waals surface area contributed by atoms with Crippen LogP contribution in [0, 0.1) is 0 Å². The first-order valence-electron chi connectivity index (χ1n) is 10.5. The van der Waals surface area contributed by atoms with Gasteiger partial charge < -0.3 is 19.1 Å². The molecule has 0 aliphatic heterocycles. The number of ether oxygens (including phenoxy) is 1. The molecule has 0 unspecified atom stereocenters. The minimum absolute atomic E-state index is 0.270. The van der Waals surface area contributed by atoms with Crippen molar-refractivity contribution in [1.29, 1.82) is 0 Å². The molecule has 5 nitrogen and oxygen atoms in total. The average molecular weight is 439 g/mol. The fourth-order valence-corrected chi connectivity index (χ4v) is 4.60. The molecule has 0 bridgehead atoms. The van der Waals surface area contributed by atoms with Gasteiger partial charge in [0.15, 0.2) is 0 Å². The van der Waals surface area contributed by atoms with Gasteiger partial charge in [-0.05, 0) is 41.8 Å². The fourth-order valence-electron chi connectivity index (χ4n) is 3.03. The van der Waals surface area contributed by atoms with Gasteiger partial charge in [-0.1, -0.05) is 72.8 Å². The van der Waals surface area contributed by atoms with E-state index in [9.17, 15) is 4.57 Å². The molecule has 0 saturated carbocycles. The third-order valence-corrected chi connectivity index (χ3v) is 6.72. The van der Waals surface area contributed by atoms with Crippen molar-refractivity contribution in [2.45, 2.75) is 26.2 Å². The molecule has 164 valence electrons. The number of methoxy groups -OCH3 is 1. The highest BCUT2D eigenvalue weighted by Gasteiger charge is 2.24. The Bertz CT molecular complexity index is 885. The third-order valence-electron chi connectivity index (χ3n) is 4.82. The number of rotatable bonds is 13. The Morgan fingerprint density at radius 1 is 0.742 bits per heavy atom. The molecule has 31 heavy (non-hydrogen) atoms. The Hall–Kier alpha value is -2.43. The van der Waals surface area contributed by atoms with Crippen LogP contribution < -0.4 is 10.1 Å². The molecule has 0 amide bonds. The van der Waals surface area contributed by atoms with Crippen molar-refractivity contribution in [2.24, 2.45) is 0 Å². The fraction of sp³-hybridized carbons (Fsp3) is 0.280. The highest BCUT2D eigenvalue weighted by Crippen LogP contribution is 2.50. The highest BCUT2D eigenvalue weighted by molar-refractivity contribution is 7.53. The van der Waals surface area contributed by atoms with Crippen molar-refractivity contribution in [2.75, 3.05) is 19.8 Å². The van der Waals surface area contributed by atoms with E-state index < -0.39 is 7.60 Å². The maximum absolute atomic E-state index is 13.4. The van der Waals surface area contributed by atoms with E-state index >= 15 is 0 Å². The zero-order chi connectivity index (χ0) is 21.8. The minimum atomic E-state index is -3.23. The molecule has 1 N–H and O–H groups in total. The first-order valence-corrected chi connectivity index (χ1v) is 12.2. The van der Waals surface area contributed by atoms with Gasteiger partial charge in [-0.2, -0.15) is 0 Å². The Morgan fingerprint density at radius 2 is 1.29 bits per heavy atom. The summed E-state index contributed by atoms with van der Waals surface area (Å²) in [7, 11) is -1.57. The first kappa shape index (κ1) is 23.2. The maximum Gasteiger partial charge on any atom is 0.331 e. The Morgan fingerprint density at radius 3 is 1.81 bits per heavy atom. The summed E-state index contributed by atoms with van der Waals surface area (Å²) in [6, 6.07) is 27.4. The second kappa shape index (κ2) is 12.4. The highest BCUT2D eigenvalue weighted by atomic mass is 31.2. The van der Waals surface area contributed by atoms with E-state index in [2.05, 4.69) is 5.32 Å². The van der Waals surface area contributed by atoms with Gasteiger partial charge in [-0.3, -0.25) is 4.57 Å². The maximum atomic E-state index is 13.4. The third kappa shape index (κ3) is 8.31. The molecule has 0 atom stereocenters. The van der Waals surface area contributed by atoms with Crippen LogP contribution in [0.3, 0.4) is 0 Å². The van der Waals surface area contributed by atoms with Crippen LogP contribution >= 0.6 is 7.60 Å². The molecule has 3 aromatic carbocycles. The van der Waals surface area contributed by atoms with Crippen LogP contribution in [0.2, 0.25) is 0 Å². The van der Waals surface area contributed by atoms with E-state index in [0.717, 1.165) is 30.0 Å². The van der Waals surface area contributed by atoms with Gasteiger partial charge in [-0.25, -0.2) is 0 Å². The molecule has 0 saturated heterocycles. The molecule has 3 rings (SSSR count). The Balaban J connectivity index is 1.49. The van der Waals surface area contributed by atoms with E-state index in [1.165, 1.54) is 5.56 Å². The lowest BCUT2D eigenvalue weighted by Crippen LogP contribution is -2.16. The second-order valence-corrected chi connectivity index (χ2v) is 9.42. The van der Waals surface area contributed by atoms with Crippen LogP contribution in [0.4, 0.5) is 0 Å². The topological polar surface area (TPSA) is 56.8 Å². The summed E-state index contributed by atoms with van der Waals surface area (Å²) >= 11 is 0.